The predicted octanol–water partition coefficient (Wildman–Crippen LogP) is 1.88. The number of hydrogen-bond donors (Lipinski definition) is 1. The summed E-state index contributed by atoms with van der Waals surface area (Å²) in [4.78, 5) is 42.6. The summed E-state index contributed by atoms with van der Waals surface area (Å²) in [6.07, 6.45) is 5.58. The maximum absolute atomic E-state index is 12.7. The third-order valence-corrected chi connectivity index (χ3v) is 5.98. The Balaban J connectivity index is 1.35. The van der Waals surface area contributed by atoms with Gasteiger partial charge in [-0.25, -0.2) is 9.97 Å². The lowest BCUT2D eigenvalue weighted by Gasteiger charge is -2.36. The van der Waals surface area contributed by atoms with Gasteiger partial charge in [-0.2, -0.15) is 0 Å². The van der Waals surface area contributed by atoms with Crippen LogP contribution in [0.3, 0.4) is 0 Å². The van der Waals surface area contributed by atoms with Gasteiger partial charge in [0.15, 0.2) is 0 Å². The maximum Gasteiger partial charge on any atom is 0.260 e. The molecule has 0 atom stereocenters. The molecule has 1 amide bonds. The van der Waals surface area contributed by atoms with Crippen LogP contribution < -0.4 is 15.4 Å². The fraction of sp³-hybridized carbons (Fsp3) is 0.364. The molecule has 8 heteroatoms. The summed E-state index contributed by atoms with van der Waals surface area (Å²) in [5, 5.41) is 1.08. The van der Waals surface area contributed by atoms with E-state index in [0.29, 0.717) is 26.2 Å². The molecule has 5 rings (SSSR count). The molecular formula is C22H24N6O2. The third-order valence-electron chi connectivity index (χ3n) is 5.98. The second-order valence-electron chi connectivity index (χ2n) is 7.79. The Morgan fingerprint density at radius 3 is 2.50 bits per heavy atom. The van der Waals surface area contributed by atoms with Crippen LogP contribution in [-0.2, 0) is 0 Å². The highest BCUT2D eigenvalue weighted by Crippen LogP contribution is 2.30. The van der Waals surface area contributed by atoms with Crippen molar-refractivity contribution in [2.75, 3.05) is 49.1 Å². The average molecular weight is 404 g/mol. The van der Waals surface area contributed by atoms with Gasteiger partial charge in [0.25, 0.3) is 11.5 Å². The van der Waals surface area contributed by atoms with E-state index in [-0.39, 0.29) is 17.0 Å². The molecule has 0 bridgehead atoms. The normalized spacial score (nSPS) is 17.0. The van der Waals surface area contributed by atoms with E-state index in [1.807, 2.05) is 6.07 Å². The van der Waals surface area contributed by atoms with E-state index in [2.05, 4.69) is 36.9 Å². The van der Waals surface area contributed by atoms with Crippen molar-refractivity contribution in [1.29, 1.82) is 0 Å². The van der Waals surface area contributed by atoms with Crippen molar-refractivity contribution < 1.29 is 4.79 Å². The van der Waals surface area contributed by atoms with Crippen LogP contribution in [0.15, 0.2) is 47.7 Å². The third kappa shape index (κ3) is 3.38. The minimum atomic E-state index is -0.339. The van der Waals surface area contributed by atoms with Crippen molar-refractivity contribution in [3.8, 4) is 0 Å². The van der Waals surface area contributed by atoms with E-state index in [9.17, 15) is 9.59 Å². The summed E-state index contributed by atoms with van der Waals surface area (Å²) >= 11 is 0. The number of piperazine rings is 1. The first-order chi connectivity index (χ1) is 14.7. The summed E-state index contributed by atoms with van der Waals surface area (Å²) in [7, 11) is 0. The lowest BCUT2D eigenvalue weighted by atomic mass is 10.1. The Bertz CT molecular complexity index is 1130. The molecule has 3 aromatic rings. The van der Waals surface area contributed by atoms with Gasteiger partial charge in [-0.3, -0.25) is 9.59 Å². The lowest BCUT2D eigenvalue weighted by Crippen LogP contribution is -2.49. The minimum Gasteiger partial charge on any atom is -0.368 e. The van der Waals surface area contributed by atoms with Gasteiger partial charge in [-0.15, -0.1) is 0 Å². The highest BCUT2D eigenvalue weighted by atomic mass is 16.2. The molecule has 4 heterocycles. The predicted molar refractivity (Wildman–Crippen MR) is 116 cm³/mol. The Hall–Kier alpha value is -3.42. The van der Waals surface area contributed by atoms with Gasteiger partial charge >= 0.3 is 0 Å². The molecule has 1 aromatic carbocycles. The quantitative estimate of drug-likeness (QED) is 0.718. The van der Waals surface area contributed by atoms with Gasteiger partial charge in [0.05, 0.1) is 5.52 Å². The molecule has 2 aromatic heterocycles. The number of nitrogens with zero attached hydrogens (tertiary/aromatic N) is 5. The second-order valence-corrected chi connectivity index (χ2v) is 7.79. The van der Waals surface area contributed by atoms with E-state index >= 15 is 0 Å². The van der Waals surface area contributed by atoms with Crippen molar-refractivity contribution in [2.45, 2.75) is 12.8 Å². The first-order valence-corrected chi connectivity index (χ1v) is 10.4. The van der Waals surface area contributed by atoms with Gasteiger partial charge in [0.2, 0.25) is 0 Å². The average Bonchev–Trinajstić information content (AvgIpc) is 3.33. The first-order valence-electron chi connectivity index (χ1n) is 10.4. The zero-order valence-corrected chi connectivity index (χ0v) is 16.8. The molecule has 0 unspecified atom stereocenters. The highest BCUT2D eigenvalue weighted by Gasteiger charge is 2.24. The number of carbonyl (C=O) groups is 1. The number of pyridine rings is 1. The van der Waals surface area contributed by atoms with Crippen molar-refractivity contribution in [1.82, 2.24) is 19.9 Å². The van der Waals surface area contributed by atoms with Crippen LogP contribution in [0.2, 0.25) is 0 Å². The molecule has 0 saturated carbocycles. The maximum atomic E-state index is 12.7. The Morgan fingerprint density at radius 1 is 0.933 bits per heavy atom. The highest BCUT2D eigenvalue weighted by molar-refractivity contribution is 5.94. The monoisotopic (exact) mass is 404 g/mol. The van der Waals surface area contributed by atoms with Crippen LogP contribution in [0.25, 0.3) is 10.9 Å². The summed E-state index contributed by atoms with van der Waals surface area (Å²) in [5.74, 6) is 0.802. The largest absolute Gasteiger partial charge is 0.368 e. The molecule has 8 nitrogen and oxygen atoms in total. The SMILES string of the molecule is O=C(c1ccc[nH]c1=O)N1CCN(c2ccc3ncnc(N4CCCC4)c3c2)CC1. The van der Waals surface area contributed by atoms with Gasteiger partial charge in [0.1, 0.15) is 17.7 Å². The molecular weight excluding hydrogens is 380 g/mol. The second kappa shape index (κ2) is 7.78. The number of anilines is 2. The fourth-order valence-electron chi connectivity index (χ4n) is 4.34. The summed E-state index contributed by atoms with van der Waals surface area (Å²) < 4.78 is 0. The number of amides is 1. The molecule has 30 heavy (non-hydrogen) atoms. The van der Waals surface area contributed by atoms with E-state index in [0.717, 1.165) is 35.5 Å². The van der Waals surface area contributed by atoms with Gasteiger partial charge in [0, 0.05) is 56.5 Å². The summed E-state index contributed by atoms with van der Waals surface area (Å²) in [6, 6.07) is 9.56. The number of nitrogens with one attached hydrogen (secondary N) is 1. The van der Waals surface area contributed by atoms with Crippen LogP contribution in [0.4, 0.5) is 11.5 Å². The molecule has 0 aliphatic carbocycles. The van der Waals surface area contributed by atoms with Crippen molar-refractivity contribution in [2.24, 2.45) is 0 Å². The topological polar surface area (TPSA) is 85.4 Å². The number of H-pyrrole nitrogens is 1. The van der Waals surface area contributed by atoms with Crippen LogP contribution in [-0.4, -0.2) is 65.0 Å². The number of carbonyl (C=O) groups excluding carboxylic acids is 1. The number of benzene rings is 1. The van der Waals surface area contributed by atoms with Gasteiger partial charge in [-0.1, -0.05) is 0 Å². The summed E-state index contributed by atoms with van der Waals surface area (Å²) in [5.41, 5.74) is 1.92. The summed E-state index contributed by atoms with van der Waals surface area (Å²) in [6.45, 7) is 4.67. The molecule has 154 valence electrons. The number of hydrogen-bond acceptors (Lipinski definition) is 6. The van der Waals surface area contributed by atoms with Crippen molar-refractivity contribution in [3.63, 3.8) is 0 Å². The Kier molecular flexibility index (Phi) is 4.82. The standard InChI is InChI=1S/C22H24N6O2/c29-21-17(4-3-7-23-21)22(30)28-12-10-26(11-13-28)16-5-6-19-18(14-16)20(25-15-24-19)27-8-1-2-9-27/h3-7,14-15H,1-2,8-13H2,(H,23,29). The van der Waals surface area contributed by atoms with Crippen LogP contribution >= 0.6 is 0 Å². The van der Waals surface area contributed by atoms with Crippen molar-refractivity contribution in [3.05, 3.63) is 58.8 Å². The number of rotatable bonds is 3. The van der Waals surface area contributed by atoms with Gasteiger partial charge in [-0.05, 0) is 43.2 Å². The number of aromatic nitrogens is 3. The molecule has 2 aliphatic heterocycles. The van der Waals surface area contributed by atoms with Crippen LogP contribution in [0.1, 0.15) is 23.2 Å². The molecule has 0 radical (unpaired) electrons. The minimum absolute atomic E-state index is 0.198. The van der Waals surface area contributed by atoms with E-state index in [1.54, 1.807) is 23.4 Å². The fourth-order valence-corrected chi connectivity index (χ4v) is 4.34. The number of aromatic amines is 1. The molecule has 2 fully saturated rings. The Morgan fingerprint density at radius 2 is 1.73 bits per heavy atom. The Labute approximate surface area is 174 Å². The zero-order valence-electron chi connectivity index (χ0n) is 16.8. The molecule has 2 saturated heterocycles. The van der Waals surface area contributed by atoms with E-state index < -0.39 is 0 Å². The number of fused-ring (bicyclic) bond motifs is 1. The van der Waals surface area contributed by atoms with Gasteiger partial charge < -0.3 is 19.7 Å². The van der Waals surface area contributed by atoms with Crippen LogP contribution in [0.5, 0.6) is 0 Å². The van der Waals surface area contributed by atoms with E-state index in [1.165, 1.54) is 19.0 Å². The van der Waals surface area contributed by atoms with E-state index in [4.69, 9.17) is 0 Å². The first kappa shape index (κ1) is 18.6. The molecule has 1 N–H and O–H groups in total. The van der Waals surface area contributed by atoms with Crippen LogP contribution in [0, 0.1) is 0 Å². The smallest absolute Gasteiger partial charge is 0.260 e. The molecule has 0 spiro atoms. The van der Waals surface area contributed by atoms with Crippen molar-refractivity contribution >= 4 is 28.3 Å². The lowest BCUT2D eigenvalue weighted by molar-refractivity contribution is 0.0745. The zero-order chi connectivity index (χ0) is 20.5. The molecule has 2 aliphatic rings.